The van der Waals surface area contributed by atoms with Crippen LogP contribution in [0.25, 0.3) is 0 Å². The van der Waals surface area contributed by atoms with Crippen LogP contribution in [0.15, 0.2) is 0 Å². The van der Waals surface area contributed by atoms with E-state index in [0.717, 1.165) is 32.5 Å². The molecule has 1 fully saturated rings. The molecule has 1 unspecified atom stereocenters. The zero-order valence-corrected chi connectivity index (χ0v) is 10.2. The molecule has 1 heterocycles. The summed E-state index contributed by atoms with van der Waals surface area (Å²) in [6, 6.07) is 0. The second-order valence-corrected chi connectivity index (χ2v) is 4.66. The highest BCUT2D eigenvalue weighted by atomic mass is 16.5. The standard InChI is InChI=1S/C12H23NO2/c1-4-15-11-6-5-7-13(9-11)12(14)8-10(2)3/h10-11H,4-9H2,1-3H3. The maximum atomic E-state index is 11.8. The van der Waals surface area contributed by atoms with Gasteiger partial charge in [0.25, 0.3) is 0 Å². The van der Waals surface area contributed by atoms with Crippen molar-refractivity contribution < 1.29 is 9.53 Å². The number of nitrogens with zero attached hydrogens (tertiary/aromatic N) is 1. The number of carbonyl (C=O) groups is 1. The van der Waals surface area contributed by atoms with Crippen molar-refractivity contribution in [3.63, 3.8) is 0 Å². The van der Waals surface area contributed by atoms with Crippen LogP contribution >= 0.6 is 0 Å². The zero-order chi connectivity index (χ0) is 11.3. The Bertz CT molecular complexity index is 202. The molecule has 1 aliphatic heterocycles. The van der Waals surface area contributed by atoms with Gasteiger partial charge in [0.2, 0.25) is 5.91 Å². The van der Waals surface area contributed by atoms with Crippen molar-refractivity contribution in [3.05, 3.63) is 0 Å². The molecule has 0 N–H and O–H groups in total. The Balaban J connectivity index is 2.38. The molecule has 1 saturated heterocycles. The van der Waals surface area contributed by atoms with Gasteiger partial charge >= 0.3 is 0 Å². The van der Waals surface area contributed by atoms with Crippen LogP contribution in [0.5, 0.6) is 0 Å². The lowest BCUT2D eigenvalue weighted by molar-refractivity contribution is -0.136. The average Bonchev–Trinajstić information content (AvgIpc) is 2.17. The number of ether oxygens (including phenoxy) is 1. The number of hydrogen-bond donors (Lipinski definition) is 0. The van der Waals surface area contributed by atoms with E-state index in [1.165, 1.54) is 0 Å². The van der Waals surface area contributed by atoms with Gasteiger partial charge in [-0.1, -0.05) is 13.8 Å². The second kappa shape index (κ2) is 6.11. The molecule has 0 aromatic carbocycles. The van der Waals surface area contributed by atoms with Gasteiger partial charge in [-0.3, -0.25) is 4.79 Å². The molecular weight excluding hydrogens is 190 g/mol. The lowest BCUT2D eigenvalue weighted by Crippen LogP contribution is -2.43. The summed E-state index contributed by atoms with van der Waals surface area (Å²) in [7, 11) is 0. The summed E-state index contributed by atoms with van der Waals surface area (Å²) < 4.78 is 5.57. The molecule has 88 valence electrons. The van der Waals surface area contributed by atoms with Gasteiger partial charge in [0.1, 0.15) is 0 Å². The third-order valence-electron chi connectivity index (χ3n) is 2.72. The van der Waals surface area contributed by atoms with Crippen molar-refractivity contribution in [2.45, 2.75) is 46.1 Å². The van der Waals surface area contributed by atoms with Crippen molar-refractivity contribution in [3.8, 4) is 0 Å². The smallest absolute Gasteiger partial charge is 0.222 e. The highest BCUT2D eigenvalue weighted by Gasteiger charge is 2.23. The molecule has 1 amide bonds. The van der Waals surface area contributed by atoms with Crippen molar-refractivity contribution in [1.82, 2.24) is 4.90 Å². The van der Waals surface area contributed by atoms with Gasteiger partial charge < -0.3 is 9.64 Å². The zero-order valence-electron chi connectivity index (χ0n) is 10.2. The molecule has 0 aliphatic carbocycles. The fourth-order valence-corrected chi connectivity index (χ4v) is 2.01. The van der Waals surface area contributed by atoms with E-state index in [-0.39, 0.29) is 12.0 Å². The topological polar surface area (TPSA) is 29.5 Å². The first kappa shape index (κ1) is 12.5. The quantitative estimate of drug-likeness (QED) is 0.715. The molecule has 0 aromatic rings. The minimum absolute atomic E-state index is 0.264. The minimum Gasteiger partial charge on any atom is -0.377 e. The number of rotatable bonds is 4. The van der Waals surface area contributed by atoms with Gasteiger partial charge in [0.05, 0.1) is 6.10 Å². The number of carbonyl (C=O) groups excluding carboxylic acids is 1. The summed E-state index contributed by atoms with van der Waals surface area (Å²) in [5, 5.41) is 0. The average molecular weight is 213 g/mol. The molecule has 3 heteroatoms. The Hall–Kier alpha value is -0.570. The number of likely N-dealkylation sites (tertiary alicyclic amines) is 1. The van der Waals surface area contributed by atoms with E-state index in [1.54, 1.807) is 0 Å². The van der Waals surface area contributed by atoms with Gasteiger partial charge in [-0.25, -0.2) is 0 Å². The van der Waals surface area contributed by atoms with Crippen molar-refractivity contribution in [2.75, 3.05) is 19.7 Å². The van der Waals surface area contributed by atoms with E-state index in [1.807, 2.05) is 11.8 Å². The van der Waals surface area contributed by atoms with Crippen LogP contribution in [-0.2, 0) is 9.53 Å². The molecule has 0 spiro atoms. The van der Waals surface area contributed by atoms with Crippen LogP contribution in [0.1, 0.15) is 40.0 Å². The third-order valence-corrected chi connectivity index (χ3v) is 2.72. The molecule has 3 nitrogen and oxygen atoms in total. The molecule has 1 rings (SSSR count). The number of amides is 1. The van der Waals surface area contributed by atoms with Crippen molar-refractivity contribution >= 4 is 5.91 Å². The predicted octanol–water partition coefficient (Wildman–Crippen LogP) is 2.06. The van der Waals surface area contributed by atoms with Crippen LogP contribution < -0.4 is 0 Å². The summed E-state index contributed by atoms with van der Waals surface area (Å²) in [5.41, 5.74) is 0. The van der Waals surface area contributed by atoms with Crippen LogP contribution in [0.3, 0.4) is 0 Å². The van der Waals surface area contributed by atoms with E-state index in [0.29, 0.717) is 12.3 Å². The first-order chi connectivity index (χ1) is 7.13. The maximum absolute atomic E-state index is 11.8. The summed E-state index contributed by atoms with van der Waals surface area (Å²) in [6.07, 6.45) is 3.10. The van der Waals surface area contributed by atoms with E-state index in [9.17, 15) is 4.79 Å². The molecule has 0 bridgehead atoms. The predicted molar refractivity (Wildman–Crippen MR) is 60.7 cm³/mol. The molecule has 0 saturated carbocycles. The summed E-state index contributed by atoms with van der Waals surface area (Å²) in [5.74, 6) is 0.736. The number of hydrogen-bond acceptors (Lipinski definition) is 2. The summed E-state index contributed by atoms with van der Waals surface area (Å²) in [4.78, 5) is 13.8. The molecule has 1 atom stereocenters. The van der Waals surface area contributed by atoms with Crippen LogP contribution in [0, 0.1) is 5.92 Å². The summed E-state index contributed by atoms with van der Waals surface area (Å²) >= 11 is 0. The highest BCUT2D eigenvalue weighted by Crippen LogP contribution is 2.15. The molecular formula is C12H23NO2. The SMILES string of the molecule is CCOC1CCCN(C(=O)CC(C)C)C1. The van der Waals surface area contributed by atoms with Crippen molar-refractivity contribution in [1.29, 1.82) is 0 Å². The van der Waals surface area contributed by atoms with Crippen LogP contribution in [0.4, 0.5) is 0 Å². The Kier molecular flexibility index (Phi) is 5.09. The Morgan fingerprint density at radius 2 is 2.27 bits per heavy atom. The lowest BCUT2D eigenvalue weighted by atomic mass is 10.1. The Morgan fingerprint density at radius 1 is 1.53 bits per heavy atom. The van der Waals surface area contributed by atoms with Gasteiger partial charge in [-0.15, -0.1) is 0 Å². The van der Waals surface area contributed by atoms with E-state index in [2.05, 4.69) is 13.8 Å². The normalized spacial score (nSPS) is 22.1. The minimum atomic E-state index is 0.264. The Morgan fingerprint density at radius 3 is 2.87 bits per heavy atom. The monoisotopic (exact) mass is 213 g/mol. The second-order valence-electron chi connectivity index (χ2n) is 4.66. The number of piperidine rings is 1. The van der Waals surface area contributed by atoms with E-state index < -0.39 is 0 Å². The van der Waals surface area contributed by atoms with E-state index >= 15 is 0 Å². The first-order valence-corrected chi connectivity index (χ1v) is 6.02. The third kappa shape index (κ3) is 4.20. The van der Waals surface area contributed by atoms with Crippen molar-refractivity contribution in [2.24, 2.45) is 5.92 Å². The van der Waals surface area contributed by atoms with Crippen LogP contribution in [-0.4, -0.2) is 36.6 Å². The molecule has 15 heavy (non-hydrogen) atoms. The van der Waals surface area contributed by atoms with Gasteiger partial charge in [0, 0.05) is 26.1 Å². The fourth-order valence-electron chi connectivity index (χ4n) is 2.01. The molecule has 0 aromatic heterocycles. The largest absolute Gasteiger partial charge is 0.377 e. The summed E-state index contributed by atoms with van der Waals surface area (Å²) in [6.45, 7) is 8.63. The van der Waals surface area contributed by atoms with Gasteiger partial charge in [-0.05, 0) is 25.7 Å². The lowest BCUT2D eigenvalue weighted by Gasteiger charge is -2.33. The van der Waals surface area contributed by atoms with Gasteiger partial charge in [-0.2, -0.15) is 0 Å². The van der Waals surface area contributed by atoms with Gasteiger partial charge in [0.15, 0.2) is 0 Å². The maximum Gasteiger partial charge on any atom is 0.222 e. The van der Waals surface area contributed by atoms with Crippen LogP contribution in [0.2, 0.25) is 0 Å². The fraction of sp³-hybridized carbons (Fsp3) is 0.917. The Labute approximate surface area is 92.8 Å². The molecule has 1 aliphatic rings. The first-order valence-electron chi connectivity index (χ1n) is 6.02. The van der Waals surface area contributed by atoms with E-state index in [4.69, 9.17) is 4.74 Å². The molecule has 0 radical (unpaired) electrons. The highest BCUT2D eigenvalue weighted by molar-refractivity contribution is 5.76.